The van der Waals surface area contributed by atoms with Gasteiger partial charge in [0.15, 0.2) is 0 Å². The first-order chi connectivity index (χ1) is 9.95. The Morgan fingerprint density at radius 1 is 1.48 bits per heavy atom. The van der Waals surface area contributed by atoms with E-state index in [9.17, 15) is 8.42 Å². The molecule has 1 saturated heterocycles. The van der Waals surface area contributed by atoms with Gasteiger partial charge in [0, 0.05) is 35.1 Å². The van der Waals surface area contributed by atoms with E-state index in [2.05, 4.69) is 28.2 Å². The van der Waals surface area contributed by atoms with Gasteiger partial charge in [-0.15, -0.1) is 0 Å². The quantitative estimate of drug-likeness (QED) is 0.836. The first-order valence-corrected chi connectivity index (χ1v) is 10.3. The first kappa shape index (κ1) is 17.3. The van der Waals surface area contributed by atoms with Gasteiger partial charge >= 0.3 is 0 Å². The number of rotatable bonds is 5. The molecule has 1 unspecified atom stereocenters. The maximum Gasteiger partial charge on any atom is 0.244 e. The lowest BCUT2D eigenvalue weighted by Crippen LogP contribution is -2.41. The van der Waals surface area contributed by atoms with Gasteiger partial charge in [0.05, 0.1) is 4.90 Å². The van der Waals surface area contributed by atoms with Crippen LogP contribution in [0.2, 0.25) is 0 Å². The van der Waals surface area contributed by atoms with Crippen molar-refractivity contribution in [3.8, 4) is 0 Å². The average Bonchev–Trinajstić information content (AvgIpc) is 2.45. The summed E-state index contributed by atoms with van der Waals surface area (Å²) in [4.78, 5) is 0.363. The van der Waals surface area contributed by atoms with Crippen molar-refractivity contribution in [1.29, 1.82) is 0 Å². The lowest BCUT2D eigenvalue weighted by Gasteiger charge is -2.30. The molecular weight excluding hydrogens is 372 g/mol. The Morgan fingerprint density at radius 2 is 2.24 bits per heavy atom. The van der Waals surface area contributed by atoms with E-state index in [1.165, 1.54) is 0 Å². The minimum atomic E-state index is -3.41. The van der Waals surface area contributed by atoms with Crippen LogP contribution in [0.25, 0.3) is 0 Å². The van der Waals surface area contributed by atoms with E-state index < -0.39 is 10.0 Å². The summed E-state index contributed by atoms with van der Waals surface area (Å²) in [6, 6.07) is 5.47. The molecule has 7 heteroatoms. The van der Waals surface area contributed by atoms with Crippen LogP contribution in [0.3, 0.4) is 0 Å². The summed E-state index contributed by atoms with van der Waals surface area (Å²) in [5, 5.41) is 3.58. The highest BCUT2D eigenvalue weighted by Gasteiger charge is 2.30. The van der Waals surface area contributed by atoms with E-state index in [-0.39, 0.29) is 0 Å². The summed E-state index contributed by atoms with van der Waals surface area (Å²) in [5.74, 6) is 0.858. The number of nitrogens with one attached hydrogen (secondary N) is 1. The average molecular weight is 393 g/mol. The fraction of sp³-hybridized carbons (Fsp3) is 0.571. The zero-order valence-electron chi connectivity index (χ0n) is 12.3. The molecule has 1 aromatic rings. The molecule has 0 aromatic heterocycles. The Morgan fingerprint density at radius 3 is 2.86 bits per heavy atom. The molecule has 0 saturated carbocycles. The monoisotopic (exact) mass is 392 g/mol. The van der Waals surface area contributed by atoms with Crippen LogP contribution >= 0.6 is 27.7 Å². The molecule has 0 spiro atoms. The van der Waals surface area contributed by atoms with E-state index in [1.54, 1.807) is 10.4 Å². The van der Waals surface area contributed by atoms with E-state index in [1.807, 2.05) is 30.8 Å². The molecule has 1 heterocycles. The van der Waals surface area contributed by atoms with Crippen LogP contribution in [0.1, 0.15) is 19.4 Å². The summed E-state index contributed by atoms with van der Waals surface area (Å²) < 4.78 is 27.7. The van der Waals surface area contributed by atoms with Crippen molar-refractivity contribution in [2.24, 2.45) is 0 Å². The summed E-state index contributed by atoms with van der Waals surface area (Å²) in [7, 11) is -3.41. The minimum Gasteiger partial charge on any atom is -0.313 e. The van der Waals surface area contributed by atoms with E-state index in [4.69, 9.17) is 0 Å². The summed E-state index contributed by atoms with van der Waals surface area (Å²) >= 11 is 5.24. The predicted octanol–water partition coefficient (Wildman–Crippen LogP) is 2.68. The molecule has 0 radical (unpaired) electrons. The highest BCUT2D eigenvalue weighted by molar-refractivity contribution is 9.10. The second kappa shape index (κ2) is 7.46. The topological polar surface area (TPSA) is 49.4 Å². The molecule has 118 valence electrons. The molecule has 1 aromatic carbocycles. The molecule has 0 amide bonds. The fourth-order valence-corrected chi connectivity index (χ4v) is 6.12. The number of thioether (sulfide) groups is 1. The minimum absolute atomic E-state index is 0.348. The maximum atomic E-state index is 12.7. The second-order valence-corrected chi connectivity index (χ2v) is 9.40. The van der Waals surface area contributed by atoms with Gasteiger partial charge in [-0.2, -0.15) is 16.1 Å². The van der Waals surface area contributed by atoms with Crippen LogP contribution in [0.4, 0.5) is 0 Å². The smallest absolute Gasteiger partial charge is 0.244 e. The van der Waals surface area contributed by atoms with Gasteiger partial charge in [0.1, 0.15) is 0 Å². The lowest BCUT2D eigenvalue weighted by atomic mass is 10.2. The fourth-order valence-electron chi connectivity index (χ4n) is 2.28. The van der Waals surface area contributed by atoms with Gasteiger partial charge in [-0.05, 0) is 40.2 Å². The van der Waals surface area contributed by atoms with Crippen LogP contribution in [-0.4, -0.2) is 43.4 Å². The summed E-state index contributed by atoms with van der Waals surface area (Å²) in [5.41, 5.74) is 1.07. The molecule has 1 atom stereocenters. The van der Waals surface area contributed by atoms with Crippen molar-refractivity contribution in [3.63, 3.8) is 0 Å². The number of halogens is 1. The van der Waals surface area contributed by atoms with Gasteiger partial charge < -0.3 is 5.32 Å². The third-order valence-electron chi connectivity index (χ3n) is 3.40. The summed E-state index contributed by atoms with van der Waals surface area (Å²) in [6.07, 6.45) is 0. The van der Waals surface area contributed by atoms with Gasteiger partial charge in [0.25, 0.3) is 0 Å². The molecule has 2 rings (SSSR count). The molecule has 0 bridgehead atoms. The predicted molar refractivity (Wildman–Crippen MR) is 92.2 cm³/mol. The number of hydrogen-bond acceptors (Lipinski definition) is 4. The van der Waals surface area contributed by atoms with E-state index >= 15 is 0 Å². The number of hydrogen-bond donors (Lipinski definition) is 1. The van der Waals surface area contributed by atoms with Crippen LogP contribution in [0.5, 0.6) is 0 Å². The number of benzene rings is 1. The van der Waals surface area contributed by atoms with Gasteiger partial charge in [-0.1, -0.05) is 19.9 Å². The standard InChI is InChI=1S/C14H21BrN2O2S2/c1-3-16-9-12-4-5-14(13(15)8-12)21(18,19)17-6-7-20-11(2)10-17/h4-5,8,11,16H,3,6-7,9-10H2,1-2H3. The third kappa shape index (κ3) is 4.22. The van der Waals surface area contributed by atoms with E-state index in [0.29, 0.717) is 27.7 Å². The Labute approximate surface area is 139 Å². The van der Waals surface area contributed by atoms with Crippen LogP contribution in [0, 0.1) is 0 Å². The Balaban J connectivity index is 2.23. The van der Waals surface area contributed by atoms with Crippen LogP contribution in [-0.2, 0) is 16.6 Å². The molecule has 4 nitrogen and oxygen atoms in total. The highest BCUT2D eigenvalue weighted by Crippen LogP contribution is 2.29. The van der Waals surface area contributed by atoms with Crippen molar-refractivity contribution in [2.45, 2.75) is 30.5 Å². The molecule has 21 heavy (non-hydrogen) atoms. The molecule has 1 aliphatic rings. The lowest BCUT2D eigenvalue weighted by molar-refractivity contribution is 0.424. The van der Waals surface area contributed by atoms with Crippen molar-refractivity contribution < 1.29 is 8.42 Å². The zero-order valence-corrected chi connectivity index (χ0v) is 15.5. The largest absolute Gasteiger partial charge is 0.313 e. The highest BCUT2D eigenvalue weighted by atomic mass is 79.9. The van der Waals surface area contributed by atoms with Crippen LogP contribution in [0.15, 0.2) is 27.6 Å². The zero-order chi connectivity index (χ0) is 15.5. The SMILES string of the molecule is CCNCc1ccc(S(=O)(=O)N2CCSC(C)C2)c(Br)c1. The van der Waals surface area contributed by atoms with Gasteiger partial charge in [-0.25, -0.2) is 8.42 Å². The molecular formula is C14H21BrN2O2S2. The Hall–Kier alpha value is -0.0800. The molecule has 0 aliphatic carbocycles. The van der Waals surface area contributed by atoms with Crippen molar-refractivity contribution in [3.05, 3.63) is 28.2 Å². The van der Waals surface area contributed by atoms with Gasteiger partial charge in [0.2, 0.25) is 10.0 Å². The third-order valence-corrected chi connectivity index (χ3v) is 7.38. The first-order valence-electron chi connectivity index (χ1n) is 7.06. The van der Waals surface area contributed by atoms with Crippen molar-refractivity contribution in [1.82, 2.24) is 9.62 Å². The Bertz CT molecular complexity index is 593. The maximum absolute atomic E-state index is 12.7. The number of sulfonamides is 1. The number of nitrogens with zero attached hydrogens (tertiary/aromatic N) is 1. The van der Waals surface area contributed by atoms with Gasteiger partial charge in [-0.3, -0.25) is 0 Å². The molecule has 1 N–H and O–H groups in total. The van der Waals surface area contributed by atoms with Crippen LogP contribution < -0.4 is 5.32 Å². The van der Waals surface area contributed by atoms with E-state index in [0.717, 1.165) is 24.4 Å². The molecule has 1 fully saturated rings. The normalized spacial score (nSPS) is 20.6. The van der Waals surface area contributed by atoms with Crippen molar-refractivity contribution >= 4 is 37.7 Å². The Kier molecular flexibility index (Phi) is 6.14. The second-order valence-electron chi connectivity index (χ2n) is 5.09. The summed E-state index contributed by atoms with van der Waals surface area (Å²) in [6.45, 7) is 6.92. The molecule has 1 aliphatic heterocycles. The van der Waals surface area contributed by atoms with Crippen molar-refractivity contribution in [2.75, 3.05) is 25.4 Å².